The van der Waals surface area contributed by atoms with Gasteiger partial charge in [0.2, 0.25) is 0 Å². The molecule has 4 atom stereocenters. The van der Waals surface area contributed by atoms with Gasteiger partial charge in [-0.15, -0.1) is 0 Å². The van der Waals surface area contributed by atoms with Gasteiger partial charge in [0.05, 0.1) is 6.10 Å². The minimum absolute atomic E-state index is 0.0802. The van der Waals surface area contributed by atoms with Crippen molar-refractivity contribution in [3.8, 4) is 0 Å². The van der Waals surface area contributed by atoms with E-state index < -0.39 is 6.10 Å². The van der Waals surface area contributed by atoms with Crippen molar-refractivity contribution in [1.29, 1.82) is 0 Å². The molecule has 0 radical (unpaired) electrons. The van der Waals surface area contributed by atoms with Gasteiger partial charge in [-0.2, -0.15) is 0 Å². The van der Waals surface area contributed by atoms with Crippen LogP contribution in [0.1, 0.15) is 42.9 Å². The van der Waals surface area contributed by atoms with Gasteiger partial charge in [0.15, 0.2) is 0 Å². The highest BCUT2D eigenvalue weighted by atomic mass is 79.9. The number of benzene rings is 1. The minimum Gasteiger partial charge on any atom is -0.388 e. The SMILES string of the molecule is Cc1cc(C(O)C2(CN)CC3CCC2C3)ccc1Br. The van der Waals surface area contributed by atoms with Gasteiger partial charge in [-0.05, 0) is 55.2 Å². The number of aliphatic hydroxyl groups excluding tert-OH is 1. The molecule has 0 heterocycles. The standard InChI is InChI=1S/C16H22BrNO/c1-10-6-12(3-5-14(10)17)15(19)16(9-18)8-11-2-4-13(16)7-11/h3,5-6,11,13,15,19H,2,4,7-9,18H2,1H3. The molecule has 0 aromatic heterocycles. The Balaban J connectivity index is 1.93. The van der Waals surface area contributed by atoms with Gasteiger partial charge >= 0.3 is 0 Å². The van der Waals surface area contributed by atoms with Crippen molar-refractivity contribution in [3.63, 3.8) is 0 Å². The van der Waals surface area contributed by atoms with Crippen LogP contribution in [0.2, 0.25) is 0 Å². The Kier molecular flexibility index (Phi) is 3.48. The molecule has 1 aromatic carbocycles. The summed E-state index contributed by atoms with van der Waals surface area (Å²) >= 11 is 3.52. The first-order valence-electron chi connectivity index (χ1n) is 7.21. The Bertz CT molecular complexity index is 490. The smallest absolute Gasteiger partial charge is 0.0861 e. The molecule has 0 saturated heterocycles. The van der Waals surface area contributed by atoms with Gasteiger partial charge in [-0.1, -0.05) is 34.5 Å². The first kappa shape index (κ1) is 13.6. The molecular weight excluding hydrogens is 302 g/mol. The summed E-state index contributed by atoms with van der Waals surface area (Å²) in [7, 11) is 0. The Hall–Kier alpha value is -0.380. The van der Waals surface area contributed by atoms with E-state index in [1.165, 1.54) is 24.8 Å². The van der Waals surface area contributed by atoms with Crippen LogP contribution in [-0.2, 0) is 0 Å². The quantitative estimate of drug-likeness (QED) is 0.893. The number of nitrogens with two attached hydrogens (primary N) is 1. The highest BCUT2D eigenvalue weighted by Gasteiger charge is 2.54. The number of hydrogen-bond donors (Lipinski definition) is 2. The number of rotatable bonds is 3. The average molecular weight is 324 g/mol. The molecule has 104 valence electrons. The molecule has 0 spiro atoms. The topological polar surface area (TPSA) is 46.2 Å². The summed E-state index contributed by atoms with van der Waals surface area (Å²) in [6.45, 7) is 2.67. The van der Waals surface area contributed by atoms with Gasteiger partial charge in [0.1, 0.15) is 0 Å². The largest absolute Gasteiger partial charge is 0.388 e. The lowest BCUT2D eigenvalue weighted by molar-refractivity contribution is -0.0130. The zero-order chi connectivity index (χ0) is 13.6. The maximum Gasteiger partial charge on any atom is 0.0861 e. The van der Waals surface area contributed by atoms with Crippen LogP contribution in [-0.4, -0.2) is 11.7 Å². The second kappa shape index (κ2) is 4.87. The predicted molar refractivity (Wildman–Crippen MR) is 80.8 cm³/mol. The molecule has 3 N–H and O–H groups in total. The van der Waals surface area contributed by atoms with E-state index in [-0.39, 0.29) is 5.41 Å². The Labute approximate surface area is 123 Å². The van der Waals surface area contributed by atoms with Gasteiger partial charge in [-0.25, -0.2) is 0 Å². The van der Waals surface area contributed by atoms with E-state index >= 15 is 0 Å². The van der Waals surface area contributed by atoms with Crippen LogP contribution >= 0.6 is 15.9 Å². The summed E-state index contributed by atoms with van der Waals surface area (Å²) in [6, 6.07) is 6.16. The molecule has 1 aromatic rings. The molecule has 2 nitrogen and oxygen atoms in total. The molecule has 0 aliphatic heterocycles. The first-order valence-corrected chi connectivity index (χ1v) is 8.00. The molecule has 4 unspecified atom stereocenters. The van der Waals surface area contributed by atoms with Crippen molar-refractivity contribution in [2.24, 2.45) is 23.0 Å². The highest BCUT2D eigenvalue weighted by Crippen LogP contribution is 2.60. The summed E-state index contributed by atoms with van der Waals surface area (Å²) in [5.74, 6) is 1.40. The van der Waals surface area contributed by atoms with Gasteiger partial charge < -0.3 is 10.8 Å². The lowest BCUT2D eigenvalue weighted by Gasteiger charge is -2.41. The molecule has 2 aliphatic carbocycles. The monoisotopic (exact) mass is 323 g/mol. The molecule has 3 rings (SSSR count). The van der Waals surface area contributed by atoms with Crippen LogP contribution in [0.25, 0.3) is 0 Å². The highest BCUT2D eigenvalue weighted by molar-refractivity contribution is 9.10. The second-order valence-corrected chi connectivity index (χ2v) is 7.28. The maximum absolute atomic E-state index is 10.9. The summed E-state index contributed by atoms with van der Waals surface area (Å²) in [5, 5.41) is 10.9. The molecular formula is C16H22BrNO. The number of hydrogen-bond acceptors (Lipinski definition) is 2. The number of halogens is 1. The summed E-state index contributed by atoms with van der Waals surface area (Å²) in [6.07, 6.45) is 4.53. The lowest BCUT2D eigenvalue weighted by Crippen LogP contribution is -2.41. The number of aryl methyl sites for hydroxylation is 1. The van der Waals surface area contributed by atoms with Crippen LogP contribution in [0, 0.1) is 24.2 Å². The molecule has 0 amide bonds. The zero-order valence-electron chi connectivity index (χ0n) is 11.4. The molecule has 2 fully saturated rings. The number of fused-ring (bicyclic) bond motifs is 2. The van der Waals surface area contributed by atoms with Crippen molar-refractivity contribution < 1.29 is 5.11 Å². The minimum atomic E-state index is -0.417. The fourth-order valence-electron chi connectivity index (χ4n) is 4.35. The van der Waals surface area contributed by atoms with E-state index in [0.717, 1.165) is 22.4 Å². The van der Waals surface area contributed by atoms with E-state index in [1.807, 2.05) is 12.1 Å². The van der Waals surface area contributed by atoms with Crippen molar-refractivity contribution in [1.82, 2.24) is 0 Å². The van der Waals surface area contributed by atoms with E-state index in [1.54, 1.807) is 0 Å². The molecule has 2 bridgehead atoms. The van der Waals surface area contributed by atoms with E-state index in [0.29, 0.717) is 12.5 Å². The Morgan fingerprint density at radius 2 is 2.26 bits per heavy atom. The first-order chi connectivity index (χ1) is 9.06. The third-order valence-corrected chi connectivity index (χ3v) is 6.34. The molecule has 2 saturated carbocycles. The van der Waals surface area contributed by atoms with Crippen molar-refractivity contribution in [2.75, 3.05) is 6.54 Å². The van der Waals surface area contributed by atoms with Gasteiger partial charge in [0.25, 0.3) is 0 Å². The van der Waals surface area contributed by atoms with Crippen molar-refractivity contribution in [3.05, 3.63) is 33.8 Å². The number of aliphatic hydroxyl groups is 1. The van der Waals surface area contributed by atoms with E-state index in [2.05, 4.69) is 28.9 Å². The average Bonchev–Trinajstić information content (AvgIpc) is 3.02. The molecule has 2 aliphatic rings. The van der Waals surface area contributed by atoms with Crippen molar-refractivity contribution in [2.45, 2.75) is 38.7 Å². The van der Waals surface area contributed by atoms with Gasteiger partial charge in [-0.3, -0.25) is 0 Å². The zero-order valence-corrected chi connectivity index (χ0v) is 13.0. The van der Waals surface area contributed by atoms with Gasteiger partial charge in [0, 0.05) is 16.4 Å². The fourth-order valence-corrected chi connectivity index (χ4v) is 4.60. The van der Waals surface area contributed by atoms with E-state index in [4.69, 9.17) is 5.73 Å². The summed E-state index contributed by atoms with van der Waals surface area (Å²) in [5.41, 5.74) is 8.21. The van der Waals surface area contributed by atoms with Crippen LogP contribution in [0.5, 0.6) is 0 Å². The third-order valence-electron chi connectivity index (χ3n) is 5.45. The van der Waals surface area contributed by atoms with Crippen molar-refractivity contribution >= 4 is 15.9 Å². The Morgan fingerprint density at radius 1 is 1.47 bits per heavy atom. The lowest BCUT2D eigenvalue weighted by atomic mass is 9.67. The normalized spacial score (nSPS) is 34.7. The summed E-state index contributed by atoms with van der Waals surface area (Å²) in [4.78, 5) is 0. The molecule has 3 heteroatoms. The summed E-state index contributed by atoms with van der Waals surface area (Å²) < 4.78 is 1.10. The molecule has 19 heavy (non-hydrogen) atoms. The van der Waals surface area contributed by atoms with Crippen LogP contribution < -0.4 is 5.73 Å². The Morgan fingerprint density at radius 3 is 2.79 bits per heavy atom. The van der Waals surface area contributed by atoms with Crippen LogP contribution in [0.15, 0.2) is 22.7 Å². The maximum atomic E-state index is 10.9. The second-order valence-electron chi connectivity index (χ2n) is 6.43. The van der Waals surface area contributed by atoms with Crippen LogP contribution in [0.3, 0.4) is 0 Å². The predicted octanol–water partition coefficient (Wildman–Crippen LogP) is 3.56. The van der Waals surface area contributed by atoms with Crippen LogP contribution in [0.4, 0.5) is 0 Å². The van der Waals surface area contributed by atoms with E-state index in [9.17, 15) is 5.11 Å². The third kappa shape index (κ3) is 2.07. The fraction of sp³-hybridized carbons (Fsp3) is 0.625.